The van der Waals surface area contributed by atoms with E-state index < -0.39 is 28.4 Å². The number of methoxy groups -OCH3 is 1. The van der Waals surface area contributed by atoms with Crippen LogP contribution in [0.25, 0.3) is 0 Å². The standard InChI is InChI=1S/C21H25N3O7S/c1-14-6-7-15(12-18(14)32(27,28)24-8-10-30-11-9-24)23-19(25)13-31-20-16(21(22)26)4-3-5-17(20)29-2/h3-7,12H,8-11,13H2,1-2H3,(H2,22,26)(H,23,25). The first-order valence-corrected chi connectivity index (χ1v) is 11.3. The zero-order valence-electron chi connectivity index (χ0n) is 17.8. The molecule has 0 atom stereocenters. The summed E-state index contributed by atoms with van der Waals surface area (Å²) in [5.41, 5.74) is 6.29. The summed E-state index contributed by atoms with van der Waals surface area (Å²) >= 11 is 0. The highest BCUT2D eigenvalue weighted by molar-refractivity contribution is 7.89. The summed E-state index contributed by atoms with van der Waals surface area (Å²) in [4.78, 5) is 24.2. The van der Waals surface area contributed by atoms with Gasteiger partial charge < -0.3 is 25.3 Å². The zero-order chi connectivity index (χ0) is 23.3. The van der Waals surface area contributed by atoms with Crippen LogP contribution in [0.1, 0.15) is 15.9 Å². The predicted molar refractivity (Wildman–Crippen MR) is 116 cm³/mol. The van der Waals surface area contributed by atoms with E-state index in [1.165, 1.54) is 23.5 Å². The number of morpholine rings is 1. The fourth-order valence-corrected chi connectivity index (χ4v) is 4.89. The lowest BCUT2D eigenvalue weighted by molar-refractivity contribution is -0.118. The Morgan fingerprint density at radius 1 is 1.19 bits per heavy atom. The van der Waals surface area contributed by atoms with Crippen molar-refractivity contribution < 1.29 is 32.2 Å². The van der Waals surface area contributed by atoms with Gasteiger partial charge in [0.2, 0.25) is 10.0 Å². The van der Waals surface area contributed by atoms with E-state index in [0.29, 0.717) is 24.5 Å². The number of carbonyl (C=O) groups is 2. The van der Waals surface area contributed by atoms with Crippen LogP contribution in [0.15, 0.2) is 41.3 Å². The predicted octanol–water partition coefficient (Wildman–Crippen LogP) is 1.14. The number of nitrogens with zero attached hydrogens (tertiary/aromatic N) is 1. The van der Waals surface area contributed by atoms with E-state index >= 15 is 0 Å². The van der Waals surface area contributed by atoms with Gasteiger partial charge in [-0.3, -0.25) is 9.59 Å². The molecule has 3 N–H and O–H groups in total. The maximum atomic E-state index is 13.0. The second kappa shape index (κ2) is 9.98. The molecule has 0 radical (unpaired) electrons. The van der Waals surface area contributed by atoms with Crippen molar-refractivity contribution >= 4 is 27.5 Å². The van der Waals surface area contributed by atoms with Crippen molar-refractivity contribution in [1.29, 1.82) is 0 Å². The highest BCUT2D eigenvalue weighted by Crippen LogP contribution is 2.31. The average Bonchev–Trinajstić information content (AvgIpc) is 2.79. The molecule has 0 aromatic heterocycles. The number of nitrogens with two attached hydrogens (primary N) is 1. The number of rotatable bonds is 8. The van der Waals surface area contributed by atoms with Gasteiger partial charge in [0, 0.05) is 18.8 Å². The number of benzene rings is 2. The molecule has 0 saturated carbocycles. The van der Waals surface area contributed by atoms with Gasteiger partial charge in [-0.05, 0) is 36.8 Å². The third-order valence-electron chi connectivity index (χ3n) is 4.87. The number of anilines is 1. The summed E-state index contributed by atoms with van der Waals surface area (Å²) in [7, 11) is -2.33. The van der Waals surface area contributed by atoms with Crippen LogP contribution in [0, 0.1) is 6.92 Å². The van der Waals surface area contributed by atoms with Crippen LogP contribution in [0.4, 0.5) is 5.69 Å². The summed E-state index contributed by atoms with van der Waals surface area (Å²) in [5, 5.41) is 2.61. The fourth-order valence-electron chi connectivity index (χ4n) is 3.24. The van der Waals surface area contributed by atoms with Crippen molar-refractivity contribution in [2.45, 2.75) is 11.8 Å². The van der Waals surface area contributed by atoms with E-state index in [1.807, 2.05) is 0 Å². The van der Waals surface area contributed by atoms with Crippen LogP contribution in [0.3, 0.4) is 0 Å². The number of sulfonamides is 1. The SMILES string of the molecule is COc1cccc(C(N)=O)c1OCC(=O)Nc1ccc(C)c(S(=O)(=O)N2CCOCC2)c1. The Bertz CT molecular complexity index is 1110. The molecule has 0 bridgehead atoms. The lowest BCUT2D eigenvalue weighted by Gasteiger charge is -2.26. The Morgan fingerprint density at radius 3 is 2.56 bits per heavy atom. The van der Waals surface area contributed by atoms with Gasteiger partial charge in [0.25, 0.3) is 11.8 Å². The van der Waals surface area contributed by atoms with E-state index in [-0.39, 0.29) is 35.0 Å². The van der Waals surface area contributed by atoms with E-state index in [4.69, 9.17) is 19.9 Å². The number of amides is 2. The van der Waals surface area contributed by atoms with Crippen molar-refractivity contribution in [3.63, 3.8) is 0 Å². The normalized spacial score (nSPS) is 14.6. The van der Waals surface area contributed by atoms with Crippen molar-refractivity contribution in [3.8, 4) is 11.5 Å². The molecular formula is C21H25N3O7S. The van der Waals surface area contributed by atoms with Crippen molar-refractivity contribution in [3.05, 3.63) is 47.5 Å². The Balaban J connectivity index is 1.74. The van der Waals surface area contributed by atoms with Gasteiger partial charge in [0.1, 0.15) is 0 Å². The van der Waals surface area contributed by atoms with Gasteiger partial charge in [0.15, 0.2) is 18.1 Å². The summed E-state index contributed by atoms with van der Waals surface area (Å²) in [5.74, 6) is -0.971. The Labute approximate surface area is 186 Å². The molecule has 1 heterocycles. The minimum atomic E-state index is -3.73. The molecular weight excluding hydrogens is 438 g/mol. The average molecular weight is 464 g/mol. The first-order valence-electron chi connectivity index (χ1n) is 9.82. The van der Waals surface area contributed by atoms with Gasteiger partial charge >= 0.3 is 0 Å². The number of hydrogen-bond acceptors (Lipinski definition) is 7. The lowest BCUT2D eigenvalue weighted by atomic mass is 10.2. The molecule has 32 heavy (non-hydrogen) atoms. The molecule has 2 aromatic carbocycles. The molecule has 10 nitrogen and oxygen atoms in total. The van der Waals surface area contributed by atoms with E-state index in [0.717, 1.165) is 0 Å². The Kier molecular flexibility index (Phi) is 7.33. The molecule has 0 spiro atoms. The number of aryl methyl sites for hydroxylation is 1. The highest BCUT2D eigenvalue weighted by atomic mass is 32.2. The van der Waals surface area contributed by atoms with E-state index in [2.05, 4.69) is 5.32 Å². The topological polar surface area (TPSA) is 137 Å². The molecule has 2 aromatic rings. The molecule has 1 fully saturated rings. The fraction of sp³-hybridized carbons (Fsp3) is 0.333. The molecule has 0 unspecified atom stereocenters. The summed E-state index contributed by atoms with van der Waals surface area (Å²) < 4.78 is 43.3. The maximum absolute atomic E-state index is 13.0. The van der Waals surface area contributed by atoms with Crippen LogP contribution in [0.2, 0.25) is 0 Å². The summed E-state index contributed by atoms with van der Waals surface area (Å²) in [6, 6.07) is 9.24. The molecule has 0 aliphatic carbocycles. The number of primary amides is 1. The van der Waals surface area contributed by atoms with Crippen molar-refractivity contribution in [2.24, 2.45) is 5.73 Å². The number of para-hydroxylation sites is 1. The highest BCUT2D eigenvalue weighted by Gasteiger charge is 2.28. The second-order valence-corrected chi connectivity index (χ2v) is 8.94. The van der Waals surface area contributed by atoms with Crippen LogP contribution in [0.5, 0.6) is 11.5 Å². The molecule has 11 heteroatoms. The van der Waals surface area contributed by atoms with Gasteiger partial charge in [0.05, 0.1) is 30.8 Å². The molecule has 172 valence electrons. The van der Waals surface area contributed by atoms with E-state index in [1.54, 1.807) is 31.2 Å². The first kappa shape index (κ1) is 23.5. The number of nitrogens with one attached hydrogen (secondary N) is 1. The molecule has 3 rings (SSSR count). The van der Waals surface area contributed by atoms with Gasteiger partial charge in [-0.15, -0.1) is 0 Å². The number of ether oxygens (including phenoxy) is 3. The quantitative estimate of drug-likeness (QED) is 0.599. The van der Waals surface area contributed by atoms with Crippen molar-refractivity contribution in [1.82, 2.24) is 4.31 Å². The van der Waals surface area contributed by atoms with Crippen LogP contribution in [-0.4, -0.2) is 64.6 Å². The maximum Gasteiger partial charge on any atom is 0.262 e. The Morgan fingerprint density at radius 2 is 1.91 bits per heavy atom. The first-order chi connectivity index (χ1) is 15.2. The van der Waals surface area contributed by atoms with Crippen LogP contribution in [-0.2, 0) is 19.6 Å². The van der Waals surface area contributed by atoms with Gasteiger partial charge in [-0.1, -0.05) is 12.1 Å². The van der Waals surface area contributed by atoms with Crippen molar-refractivity contribution in [2.75, 3.05) is 45.3 Å². The Hall–Kier alpha value is -3.15. The van der Waals surface area contributed by atoms with Crippen LogP contribution >= 0.6 is 0 Å². The third kappa shape index (κ3) is 5.18. The minimum absolute atomic E-state index is 0.0529. The lowest BCUT2D eigenvalue weighted by Crippen LogP contribution is -2.40. The van der Waals surface area contributed by atoms with E-state index in [9.17, 15) is 18.0 Å². The smallest absolute Gasteiger partial charge is 0.262 e. The third-order valence-corrected chi connectivity index (χ3v) is 6.91. The molecule has 1 saturated heterocycles. The molecule has 2 amide bonds. The minimum Gasteiger partial charge on any atom is -0.493 e. The van der Waals surface area contributed by atoms with Gasteiger partial charge in [-0.2, -0.15) is 4.31 Å². The van der Waals surface area contributed by atoms with Crippen LogP contribution < -0.4 is 20.5 Å². The molecule has 1 aliphatic rings. The monoisotopic (exact) mass is 463 g/mol. The second-order valence-electron chi connectivity index (χ2n) is 7.03. The summed E-state index contributed by atoms with van der Waals surface area (Å²) in [6.07, 6.45) is 0. The molecule has 1 aliphatic heterocycles. The largest absolute Gasteiger partial charge is 0.493 e. The van der Waals surface area contributed by atoms with Gasteiger partial charge in [-0.25, -0.2) is 8.42 Å². The number of hydrogen-bond donors (Lipinski definition) is 2. The zero-order valence-corrected chi connectivity index (χ0v) is 18.6. The number of carbonyl (C=O) groups excluding carboxylic acids is 2. The summed E-state index contributed by atoms with van der Waals surface area (Å²) in [6.45, 7) is 2.46.